The summed E-state index contributed by atoms with van der Waals surface area (Å²) in [5, 5.41) is 7.46. The van der Waals surface area contributed by atoms with Crippen LogP contribution in [0.2, 0.25) is 0 Å². The van der Waals surface area contributed by atoms with Gasteiger partial charge in [-0.15, -0.1) is 0 Å². The fraction of sp³-hybridized carbons (Fsp3) is 0.364. The Hall–Kier alpha value is -3.27. The maximum atomic E-state index is 13.0. The average Bonchev–Trinajstić information content (AvgIpc) is 3.20. The molecule has 3 aromatic rings. The lowest BCUT2D eigenvalue weighted by Crippen LogP contribution is -2.51. The number of alkyl halides is 3. The molecule has 0 spiro atoms. The molecular weight excluding hydrogens is 425 g/mol. The van der Waals surface area contributed by atoms with E-state index >= 15 is 0 Å². The van der Waals surface area contributed by atoms with Crippen molar-refractivity contribution in [1.82, 2.24) is 15.0 Å². The topological polar surface area (TPSA) is 70.8 Å². The van der Waals surface area contributed by atoms with Gasteiger partial charge in [0, 0.05) is 44.2 Å². The largest absolute Gasteiger partial charge is 0.493 e. The van der Waals surface area contributed by atoms with Gasteiger partial charge in [-0.1, -0.05) is 23.4 Å². The number of benzene rings is 2. The molecule has 1 aromatic heterocycles. The maximum Gasteiger partial charge on any atom is 0.416 e. The summed E-state index contributed by atoms with van der Waals surface area (Å²) in [7, 11) is 0. The van der Waals surface area contributed by atoms with Crippen LogP contribution in [0.25, 0.3) is 11.0 Å². The zero-order valence-electron chi connectivity index (χ0n) is 17.1. The summed E-state index contributed by atoms with van der Waals surface area (Å²) >= 11 is 0. The van der Waals surface area contributed by atoms with Crippen LogP contribution in [-0.4, -0.2) is 53.8 Å². The second kappa shape index (κ2) is 8.01. The lowest BCUT2D eigenvalue weighted by atomic mass is 9.96. The molecule has 32 heavy (non-hydrogen) atoms. The molecule has 168 valence electrons. The molecule has 1 atom stereocenters. The number of carbonyl (C=O) groups excluding carboxylic acids is 1. The number of ether oxygens (including phenoxy) is 1. The first-order chi connectivity index (χ1) is 15.4. The fourth-order valence-corrected chi connectivity index (χ4v) is 4.32. The molecule has 2 aliphatic heterocycles. The van der Waals surface area contributed by atoms with Gasteiger partial charge in [0.05, 0.1) is 17.6 Å². The lowest BCUT2D eigenvalue weighted by Gasteiger charge is -2.41. The molecule has 3 heterocycles. The number of hydrogen-bond donors (Lipinski definition) is 1. The predicted octanol–water partition coefficient (Wildman–Crippen LogP) is 4.52. The van der Waals surface area contributed by atoms with Gasteiger partial charge in [-0.2, -0.15) is 13.2 Å². The fourth-order valence-electron chi connectivity index (χ4n) is 4.32. The summed E-state index contributed by atoms with van der Waals surface area (Å²) in [6, 6.07) is 10.7. The minimum absolute atomic E-state index is 0.0364. The number of carbonyl (C=O) groups is 1. The van der Waals surface area contributed by atoms with Gasteiger partial charge >= 0.3 is 12.2 Å². The lowest BCUT2D eigenvalue weighted by molar-refractivity contribution is -0.137. The molecule has 2 amide bonds. The summed E-state index contributed by atoms with van der Waals surface area (Å²) in [6.07, 6.45) is -3.71. The molecule has 0 aliphatic carbocycles. The number of anilines is 1. The minimum Gasteiger partial charge on any atom is -0.493 e. The zero-order chi connectivity index (χ0) is 22.3. The minimum atomic E-state index is -4.40. The molecule has 2 aliphatic rings. The first-order valence-electron chi connectivity index (χ1n) is 10.4. The van der Waals surface area contributed by atoms with Gasteiger partial charge in [0.25, 0.3) is 0 Å². The summed E-state index contributed by atoms with van der Waals surface area (Å²) in [5.74, 6) is 0.668. The van der Waals surface area contributed by atoms with Crippen molar-refractivity contribution in [1.29, 1.82) is 0 Å². The second-order valence-electron chi connectivity index (χ2n) is 7.88. The number of fused-ring (bicyclic) bond motifs is 2. The van der Waals surface area contributed by atoms with Crippen LogP contribution in [0.4, 0.5) is 23.8 Å². The zero-order valence-corrected chi connectivity index (χ0v) is 17.1. The predicted molar refractivity (Wildman–Crippen MR) is 110 cm³/mol. The van der Waals surface area contributed by atoms with Crippen molar-refractivity contribution in [3.05, 3.63) is 53.6 Å². The van der Waals surface area contributed by atoms with Crippen molar-refractivity contribution in [2.75, 3.05) is 38.1 Å². The van der Waals surface area contributed by atoms with Gasteiger partial charge in [0.15, 0.2) is 11.4 Å². The number of urea groups is 1. The van der Waals surface area contributed by atoms with Crippen molar-refractivity contribution < 1.29 is 27.2 Å². The highest BCUT2D eigenvalue weighted by Crippen LogP contribution is 2.40. The maximum absolute atomic E-state index is 13.0. The average molecular weight is 446 g/mol. The Morgan fingerprint density at radius 3 is 2.66 bits per heavy atom. The molecule has 1 fully saturated rings. The molecule has 0 saturated carbocycles. The number of amides is 2. The molecule has 2 aromatic carbocycles. The van der Waals surface area contributed by atoms with E-state index in [0.29, 0.717) is 50.6 Å². The van der Waals surface area contributed by atoms with Crippen molar-refractivity contribution in [2.24, 2.45) is 0 Å². The third-order valence-electron chi connectivity index (χ3n) is 5.99. The molecule has 1 N–H and O–H groups in total. The number of piperazine rings is 1. The van der Waals surface area contributed by atoms with Crippen LogP contribution in [0, 0.1) is 0 Å². The van der Waals surface area contributed by atoms with E-state index in [1.807, 2.05) is 18.2 Å². The van der Waals surface area contributed by atoms with Crippen molar-refractivity contribution in [3.63, 3.8) is 0 Å². The highest BCUT2D eigenvalue weighted by Gasteiger charge is 2.35. The van der Waals surface area contributed by atoms with E-state index in [0.717, 1.165) is 23.1 Å². The van der Waals surface area contributed by atoms with Crippen molar-refractivity contribution in [2.45, 2.75) is 18.6 Å². The van der Waals surface area contributed by atoms with Crippen LogP contribution in [0.5, 0.6) is 5.75 Å². The highest BCUT2D eigenvalue weighted by atomic mass is 19.4. The number of rotatable bonds is 2. The Labute approximate surface area is 181 Å². The van der Waals surface area contributed by atoms with E-state index in [-0.39, 0.29) is 17.8 Å². The molecule has 1 unspecified atom stereocenters. The van der Waals surface area contributed by atoms with Crippen molar-refractivity contribution in [3.8, 4) is 5.75 Å². The third kappa shape index (κ3) is 3.86. The number of hydrogen-bond acceptors (Lipinski definition) is 5. The first kappa shape index (κ1) is 20.6. The first-order valence-corrected chi connectivity index (χ1v) is 10.4. The quantitative estimate of drug-likeness (QED) is 0.627. The van der Waals surface area contributed by atoms with Crippen LogP contribution in [0.15, 0.2) is 47.0 Å². The van der Waals surface area contributed by atoms with E-state index < -0.39 is 11.7 Å². The number of nitrogens with one attached hydrogen (secondary N) is 1. The van der Waals surface area contributed by atoms with E-state index in [1.165, 1.54) is 6.07 Å². The number of para-hydroxylation sites is 1. The van der Waals surface area contributed by atoms with Crippen LogP contribution in [-0.2, 0) is 6.18 Å². The van der Waals surface area contributed by atoms with Gasteiger partial charge in [0.2, 0.25) is 0 Å². The number of nitrogens with zero attached hydrogens (tertiary/aromatic N) is 3. The highest BCUT2D eigenvalue weighted by molar-refractivity contribution is 5.98. The molecule has 0 bridgehead atoms. The summed E-state index contributed by atoms with van der Waals surface area (Å²) in [4.78, 5) is 16.6. The van der Waals surface area contributed by atoms with Gasteiger partial charge < -0.3 is 14.2 Å². The summed E-state index contributed by atoms with van der Waals surface area (Å²) in [5.41, 5.74) is 0.648. The smallest absolute Gasteiger partial charge is 0.416 e. The Bertz CT molecular complexity index is 1140. The van der Waals surface area contributed by atoms with Crippen LogP contribution in [0.3, 0.4) is 0 Å². The molecular formula is C22H21F3N4O3. The van der Waals surface area contributed by atoms with Crippen molar-refractivity contribution >= 4 is 22.8 Å². The monoisotopic (exact) mass is 446 g/mol. The molecule has 10 heteroatoms. The molecule has 1 saturated heterocycles. The normalized spacial score (nSPS) is 19.5. The number of aromatic nitrogens is 1. The third-order valence-corrected chi connectivity index (χ3v) is 5.99. The van der Waals surface area contributed by atoms with Gasteiger partial charge in [-0.3, -0.25) is 10.2 Å². The van der Waals surface area contributed by atoms with Gasteiger partial charge in [0.1, 0.15) is 5.75 Å². The summed E-state index contributed by atoms with van der Waals surface area (Å²) < 4.78 is 49.8. The Morgan fingerprint density at radius 1 is 1.09 bits per heavy atom. The standard InChI is InChI=1S/C22H21F3N4O3/c23-22(24,25)14-5-6-15-17(7-12-31-19(15)13-14)28-8-10-29(11-9-28)21(30)26-20-16-3-1-2-4-18(16)32-27-20/h1-6,13,17H,7-12H2,(H,26,27,30). The van der Waals surface area contributed by atoms with E-state index in [1.54, 1.807) is 11.0 Å². The van der Waals surface area contributed by atoms with E-state index in [9.17, 15) is 18.0 Å². The summed E-state index contributed by atoms with van der Waals surface area (Å²) in [6.45, 7) is 2.57. The van der Waals surface area contributed by atoms with Gasteiger partial charge in [-0.25, -0.2) is 4.79 Å². The van der Waals surface area contributed by atoms with Crippen LogP contribution >= 0.6 is 0 Å². The van der Waals surface area contributed by atoms with E-state index in [4.69, 9.17) is 9.26 Å². The Morgan fingerprint density at radius 2 is 1.88 bits per heavy atom. The number of halogens is 3. The molecule has 7 nitrogen and oxygen atoms in total. The van der Waals surface area contributed by atoms with E-state index in [2.05, 4.69) is 15.4 Å². The Kier molecular flexibility index (Phi) is 5.16. The van der Waals surface area contributed by atoms with Crippen LogP contribution in [0.1, 0.15) is 23.6 Å². The SMILES string of the molecule is O=C(Nc1noc2ccccc12)N1CCN(C2CCOc3cc(C(F)(F)F)ccc32)CC1. The molecule has 5 rings (SSSR count). The molecule has 0 radical (unpaired) electrons. The van der Waals surface area contributed by atoms with Crippen LogP contribution < -0.4 is 10.1 Å². The Balaban J connectivity index is 1.24. The van der Waals surface area contributed by atoms with Gasteiger partial charge in [-0.05, 0) is 24.3 Å². The second-order valence-corrected chi connectivity index (χ2v) is 7.88.